The molecule has 0 rings (SSSR count). The average molecular weight is 176 g/mol. The highest BCUT2D eigenvalue weighted by Crippen LogP contribution is 2.16. The molecule has 0 bridgehead atoms. The molecule has 0 aliphatic heterocycles. The van der Waals surface area contributed by atoms with Crippen LogP contribution in [0.15, 0.2) is 4.99 Å². The summed E-state index contributed by atoms with van der Waals surface area (Å²) < 4.78 is 0. The van der Waals surface area contributed by atoms with Gasteiger partial charge in [-0.3, -0.25) is 4.99 Å². The fraction of sp³-hybridized carbons (Fsp3) is 0.889. The van der Waals surface area contributed by atoms with Gasteiger partial charge in [0.05, 0.1) is 5.54 Å². The standard InChI is InChI=1S/C9H18ClN/c1-8(2,3)11-7-9(4,5)6-10/h7H,6H2,1-5H3. The van der Waals surface area contributed by atoms with Crippen LogP contribution in [-0.2, 0) is 0 Å². The highest BCUT2D eigenvalue weighted by Gasteiger charge is 2.14. The Morgan fingerprint density at radius 1 is 1.18 bits per heavy atom. The summed E-state index contributed by atoms with van der Waals surface area (Å²) in [6.45, 7) is 10.4. The molecule has 0 unspecified atom stereocenters. The zero-order chi connectivity index (χ0) is 9.12. The molecule has 0 aromatic carbocycles. The van der Waals surface area contributed by atoms with E-state index in [1.54, 1.807) is 0 Å². The topological polar surface area (TPSA) is 12.4 Å². The van der Waals surface area contributed by atoms with E-state index < -0.39 is 0 Å². The molecule has 0 radical (unpaired) electrons. The Kier molecular flexibility index (Phi) is 3.56. The molecule has 0 fully saturated rings. The van der Waals surface area contributed by atoms with Gasteiger partial charge in [0.1, 0.15) is 0 Å². The van der Waals surface area contributed by atoms with Crippen molar-refractivity contribution < 1.29 is 0 Å². The van der Waals surface area contributed by atoms with Gasteiger partial charge in [-0.05, 0) is 20.8 Å². The molecule has 0 N–H and O–H groups in total. The highest BCUT2D eigenvalue weighted by molar-refractivity contribution is 6.19. The van der Waals surface area contributed by atoms with Crippen molar-refractivity contribution >= 4 is 17.8 Å². The summed E-state index contributed by atoms with van der Waals surface area (Å²) in [6, 6.07) is 0. The lowest BCUT2D eigenvalue weighted by molar-refractivity contribution is 0.555. The molecular formula is C9H18ClN. The van der Waals surface area contributed by atoms with E-state index in [2.05, 4.69) is 39.6 Å². The summed E-state index contributed by atoms with van der Waals surface area (Å²) >= 11 is 5.73. The van der Waals surface area contributed by atoms with Gasteiger partial charge < -0.3 is 0 Å². The SMILES string of the molecule is CC(C)(C=NC(C)(C)C)CCl. The predicted molar refractivity (Wildman–Crippen MR) is 52.7 cm³/mol. The molecule has 66 valence electrons. The minimum Gasteiger partial charge on any atom is -0.291 e. The summed E-state index contributed by atoms with van der Waals surface area (Å²) in [4.78, 5) is 4.39. The second-order valence-corrected chi connectivity index (χ2v) is 4.82. The molecule has 0 aromatic rings. The Labute approximate surface area is 74.9 Å². The van der Waals surface area contributed by atoms with Crippen LogP contribution in [-0.4, -0.2) is 17.6 Å². The van der Waals surface area contributed by atoms with Gasteiger partial charge in [0.25, 0.3) is 0 Å². The minimum absolute atomic E-state index is 0.0172. The molecule has 0 saturated heterocycles. The molecule has 0 atom stereocenters. The number of nitrogens with zero attached hydrogens (tertiary/aromatic N) is 1. The minimum atomic E-state index is 0.0172. The van der Waals surface area contributed by atoms with E-state index in [-0.39, 0.29) is 11.0 Å². The number of hydrogen-bond donors (Lipinski definition) is 0. The Balaban J connectivity index is 4.13. The third-order valence-electron chi connectivity index (χ3n) is 1.15. The lowest BCUT2D eigenvalue weighted by Gasteiger charge is -2.18. The maximum atomic E-state index is 5.73. The molecule has 0 heterocycles. The van der Waals surface area contributed by atoms with Crippen molar-refractivity contribution in [2.24, 2.45) is 10.4 Å². The summed E-state index contributed by atoms with van der Waals surface area (Å²) in [5, 5.41) is 0. The fourth-order valence-electron chi connectivity index (χ4n) is 0.403. The van der Waals surface area contributed by atoms with Gasteiger partial charge in [-0.15, -0.1) is 11.6 Å². The summed E-state index contributed by atoms with van der Waals surface area (Å²) in [5.41, 5.74) is 0.0398. The molecule has 0 spiro atoms. The van der Waals surface area contributed by atoms with Gasteiger partial charge in [-0.25, -0.2) is 0 Å². The third kappa shape index (κ3) is 6.36. The smallest absolute Gasteiger partial charge is 0.0520 e. The summed E-state index contributed by atoms with van der Waals surface area (Å²) in [6.07, 6.45) is 1.94. The van der Waals surface area contributed by atoms with Crippen LogP contribution >= 0.6 is 11.6 Å². The maximum absolute atomic E-state index is 5.73. The van der Waals surface area contributed by atoms with Crippen molar-refractivity contribution in [3.8, 4) is 0 Å². The van der Waals surface area contributed by atoms with Gasteiger partial charge in [-0.1, -0.05) is 13.8 Å². The van der Waals surface area contributed by atoms with Crippen molar-refractivity contribution in [3.05, 3.63) is 0 Å². The van der Waals surface area contributed by atoms with E-state index in [4.69, 9.17) is 11.6 Å². The van der Waals surface area contributed by atoms with Crippen LogP contribution < -0.4 is 0 Å². The Hall–Kier alpha value is -0.0400. The normalized spacial score (nSPS) is 14.4. The van der Waals surface area contributed by atoms with Gasteiger partial charge in [0.15, 0.2) is 0 Å². The van der Waals surface area contributed by atoms with Crippen LogP contribution in [0.2, 0.25) is 0 Å². The van der Waals surface area contributed by atoms with Crippen LogP contribution in [0.5, 0.6) is 0 Å². The van der Waals surface area contributed by atoms with E-state index in [1.165, 1.54) is 0 Å². The van der Waals surface area contributed by atoms with Gasteiger partial charge in [0.2, 0.25) is 0 Å². The van der Waals surface area contributed by atoms with Gasteiger partial charge in [-0.2, -0.15) is 0 Å². The molecule has 0 aliphatic carbocycles. The van der Waals surface area contributed by atoms with E-state index in [0.29, 0.717) is 5.88 Å². The van der Waals surface area contributed by atoms with Gasteiger partial charge >= 0.3 is 0 Å². The second kappa shape index (κ2) is 3.57. The van der Waals surface area contributed by atoms with Crippen LogP contribution in [0.3, 0.4) is 0 Å². The monoisotopic (exact) mass is 175 g/mol. The van der Waals surface area contributed by atoms with E-state index in [1.807, 2.05) is 6.21 Å². The van der Waals surface area contributed by atoms with Crippen LogP contribution in [0.1, 0.15) is 34.6 Å². The zero-order valence-electron chi connectivity index (χ0n) is 8.11. The first-order valence-electron chi connectivity index (χ1n) is 3.89. The summed E-state index contributed by atoms with van der Waals surface area (Å²) in [5.74, 6) is 0.618. The average Bonchev–Trinajstić information content (AvgIpc) is 1.83. The Morgan fingerprint density at radius 2 is 1.64 bits per heavy atom. The molecule has 11 heavy (non-hydrogen) atoms. The first kappa shape index (κ1) is 11.0. The molecule has 0 aliphatic rings. The largest absolute Gasteiger partial charge is 0.291 e. The second-order valence-electron chi connectivity index (χ2n) is 4.55. The highest BCUT2D eigenvalue weighted by atomic mass is 35.5. The van der Waals surface area contributed by atoms with Crippen molar-refractivity contribution in [2.75, 3.05) is 5.88 Å². The van der Waals surface area contributed by atoms with Crippen LogP contribution in [0.4, 0.5) is 0 Å². The van der Waals surface area contributed by atoms with Crippen molar-refractivity contribution in [3.63, 3.8) is 0 Å². The Morgan fingerprint density at radius 3 is 1.91 bits per heavy atom. The van der Waals surface area contributed by atoms with E-state index in [0.717, 1.165) is 0 Å². The number of halogens is 1. The molecule has 2 heteroatoms. The van der Waals surface area contributed by atoms with E-state index >= 15 is 0 Å². The van der Waals surface area contributed by atoms with Crippen LogP contribution in [0.25, 0.3) is 0 Å². The molecule has 0 saturated carbocycles. The molecular weight excluding hydrogens is 158 g/mol. The molecule has 1 nitrogen and oxygen atoms in total. The lowest BCUT2D eigenvalue weighted by atomic mass is 9.98. The number of alkyl halides is 1. The summed E-state index contributed by atoms with van der Waals surface area (Å²) in [7, 11) is 0. The van der Waals surface area contributed by atoms with Crippen molar-refractivity contribution in [1.82, 2.24) is 0 Å². The predicted octanol–water partition coefficient (Wildman–Crippen LogP) is 3.12. The number of rotatable bonds is 2. The first-order chi connectivity index (χ1) is 4.77. The lowest BCUT2D eigenvalue weighted by Crippen LogP contribution is -2.19. The fourth-order valence-corrected chi connectivity index (χ4v) is 0.472. The molecule has 0 amide bonds. The zero-order valence-corrected chi connectivity index (χ0v) is 8.87. The quantitative estimate of drug-likeness (QED) is 0.452. The molecule has 0 aromatic heterocycles. The van der Waals surface area contributed by atoms with Crippen molar-refractivity contribution in [1.29, 1.82) is 0 Å². The van der Waals surface area contributed by atoms with E-state index in [9.17, 15) is 0 Å². The van der Waals surface area contributed by atoms with Crippen molar-refractivity contribution in [2.45, 2.75) is 40.2 Å². The number of aliphatic imine (C=N–C) groups is 1. The third-order valence-corrected chi connectivity index (χ3v) is 1.83. The maximum Gasteiger partial charge on any atom is 0.0520 e. The number of hydrogen-bond acceptors (Lipinski definition) is 1. The Bertz CT molecular complexity index is 142. The van der Waals surface area contributed by atoms with Crippen LogP contribution in [0, 0.1) is 5.41 Å². The van der Waals surface area contributed by atoms with Gasteiger partial charge in [0, 0.05) is 17.5 Å². The first-order valence-corrected chi connectivity index (χ1v) is 4.43.